The Bertz CT molecular complexity index is 1130. The van der Waals surface area contributed by atoms with Crippen molar-refractivity contribution < 1.29 is 9.90 Å². The molecule has 0 saturated heterocycles. The van der Waals surface area contributed by atoms with Crippen molar-refractivity contribution in [2.45, 2.75) is 0 Å². The van der Waals surface area contributed by atoms with Gasteiger partial charge in [-0.15, -0.1) is 0 Å². The monoisotopic (exact) mass is 357 g/mol. The molecule has 0 amide bonds. The number of nitrogens with one attached hydrogen (secondary N) is 1. The van der Waals surface area contributed by atoms with E-state index in [9.17, 15) is 9.90 Å². The van der Waals surface area contributed by atoms with Crippen molar-refractivity contribution in [3.63, 3.8) is 0 Å². The Labute approximate surface area is 156 Å². The maximum atomic E-state index is 11.5. The van der Waals surface area contributed by atoms with Crippen LogP contribution in [0.25, 0.3) is 33.3 Å². The van der Waals surface area contributed by atoms with Crippen molar-refractivity contribution in [2.24, 2.45) is 0 Å². The van der Waals surface area contributed by atoms with Gasteiger partial charge in [0.25, 0.3) is 0 Å². The third-order valence-corrected chi connectivity index (χ3v) is 4.66. The molecule has 5 nitrogen and oxygen atoms in total. The molecule has 0 saturated carbocycles. The topological polar surface area (TPSA) is 69.2 Å². The first-order chi connectivity index (χ1) is 13.0. The summed E-state index contributed by atoms with van der Waals surface area (Å²) in [5, 5.41) is 10.4. The third kappa shape index (κ3) is 3.04. The number of H-pyrrole nitrogens is 1. The number of pyridine rings is 1. The number of carboxylic acid groups (broad SMARTS) is 1. The Hall–Kier alpha value is -3.60. The zero-order chi connectivity index (χ0) is 19.0. The van der Waals surface area contributed by atoms with E-state index in [0.717, 1.165) is 33.3 Å². The quantitative estimate of drug-likeness (QED) is 0.557. The number of benzene rings is 2. The molecule has 0 aliphatic rings. The van der Waals surface area contributed by atoms with E-state index < -0.39 is 5.97 Å². The Morgan fingerprint density at radius 3 is 2.48 bits per heavy atom. The van der Waals surface area contributed by atoms with Gasteiger partial charge in [0.2, 0.25) is 0 Å². The SMILES string of the molecule is CN(C)c1cc(-c2c[nH]c3ncc(-c4ccccc4)cc23)ccc1C(=O)O. The van der Waals surface area contributed by atoms with Gasteiger partial charge >= 0.3 is 5.97 Å². The van der Waals surface area contributed by atoms with Crippen molar-refractivity contribution in [3.05, 3.63) is 72.6 Å². The minimum atomic E-state index is -0.933. The van der Waals surface area contributed by atoms with Gasteiger partial charge in [-0.1, -0.05) is 36.4 Å². The minimum absolute atomic E-state index is 0.284. The summed E-state index contributed by atoms with van der Waals surface area (Å²) < 4.78 is 0. The van der Waals surface area contributed by atoms with Crippen LogP contribution in [-0.2, 0) is 0 Å². The van der Waals surface area contributed by atoms with Gasteiger partial charge in [0, 0.05) is 43.0 Å². The maximum absolute atomic E-state index is 11.5. The molecule has 0 unspecified atom stereocenters. The summed E-state index contributed by atoms with van der Waals surface area (Å²) in [6, 6.07) is 17.6. The van der Waals surface area contributed by atoms with Crippen LogP contribution in [0, 0.1) is 0 Å². The summed E-state index contributed by atoms with van der Waals surface area (Å²) in [7, 11) is 3.69. The number of anilines is 1. The number of hydrogen-bond donors (Lipinski definition) is 2. The van der Waals surface area contributed by atoms with E-state index in [0.29, 0.717) is 5.69 Å². The van der Waals surface area contributed by atoms with E-state index in [-0.39, 0.29) is 5.56 Å². The lowest BCUT2D eigenvalue weighted by Gasteiger charge is -2.16. The molecule has 0 aliphatic carbocycles. The number of carbonyl (C=O) groups is 1. The fourth-order valence-corrected chi connectivity index (χ4v) is 3.28. The zero-order valence-electron chi connectivity index (χ0n) is 15.1. The van der Waals surface area contributed by atoms with E-state index >= 15 is 0 Å². The second kappa shape index (κ2) is 6.61. The molecule has 2 N–H and O–H groups in total. The maximum Gasteiger partial charge on any atom is 0.337 e. The van der Waals surface area contributed by atoms with Crippen molar-refractivity contribution in [2.75, 3.05) is 19.0 Å². The van der Waals surface area contributed by atoms with Gasteiger partial charge in [-0.3, -0.25) is 0 Å². The average molecular weight is 357 g/mol. The molecule has 0 radical (unpaired) electrons. The van der Waals surface area contributed by atoms with Gasteiger partial charge < -0.3 is 15.0 Å². The third-order valence-electron chi connectivity index (χ3n) is 4.66. The fraction of sp³-hybridized carbons (Fsp3) is 0.0909. The van der Waals surface area contributed by atoms with Crippen molar-refractivity contribution >= 4 is 22.7 Å². The minimum Gasteiger partial charge on any atom is -0.478 e. The van der Waals surface area contributed by atoms with E-state index in [1.54, 1.807) is 6.07 Å². The lowest BCUT2D eigenvalue weighted by molar-refractivity contribution is 0.0697. The smallest absolute Gasteiger partial charge is 0.337 e. The highest BCUT2D eigenvalue weighted by molar-refractivity contribution is 5.99. The molecule has 5 heteroatoms. The lowest BCUT2D eigenvalue weighted by atomic mass is 10.00. The van der Waals surface area contributed by atoms with Crippen LogP contribution in [-0.4, -0.2) is 35.1 Å². The van der Waals surface area contributed by atoms with Crippen LogP contribution in [0.15, 0.2) is 67.0 Å². The first kappa shape index (κ1) is 16.8. The van der Waals surface area contributed by atoms with E-state index in [2.05, 4.69) is 28.2 Å². The summed E-state index contributed by atoms with van der Waals surface area (Å²) in [4.78, 5) is 21.1. The molecule has 2 aromatic heterocycles. The van der Waals surface area contributed by atoms with Gasteiger partial charge in [0.15, 0.2) is 0 Å². The number of aromatic nitrogens is 2. The fourth-order valence-electron chi connectivity index (χ4n) is 3.28. The summed E-state index contributed by atoms with van der Waals surface area (Å²) in [6.07, 6.45) is 3.78. The molecule has 0 aliphatic heterocycles. The molecule has 2 aromatic carbocycles. The van der Waals surface area contributed by atoms with Crippen molar-refractivity contribution in [1.82, 2.24) is 9.97 Å². The Morgan fingerprint density at radius 2 is 1.78 bits per heavy atom. The van der Waals surface area contributed by atoms with Crippen LogP contribution in [0.3, 0.4) is 0 Å². The lowest BCUT2D eigenvalue weighted by Crippen LogP contribution is -2.13. The Balaban J connectivity index is 1.87. The molecular weight excluding hydrogens is 338 g/mol. The van der Waals surface area contributed by atoms with Gasteiger partial charge in [0.1, 0.15) is 5.65 Å². The summed E-state index contributed by atoms with van der Waals surface area (Å²) in [6.45, 7) is 0. The summed E-state index contributed by atoms with van der Waals surface area (Å²) >= 11 is 0. The standard InChI is InChI=1S/C22H19N3O2/c1-25(2)20-11-15(8-9-17(20)22(26)27)19-13-24-21-18(19)10-16(12-23-21)14-6-4-3-5-7-14/h3-13H,1-2H3,(H,23,24)(H,26,27). The van der Waals surface area contributed by atoms with Crippen molar-refractivity contribution in [1.29, 1.82) is 0 Å². The zero-order valence-corrected chi connectivity index (χ0v) is 15.1. The number of aromatic amines is 1. The molecule has 134 valence electrons. The summed E-state index contributed by atoms with van der Waals surface area (Å²) in [5.74, 6) is -0.933. The van der Waals surface area contributed by atoms with Crippen LogP contribution in [0.1, 0.15) is 10.4 Å². The van der Waals surface area contributed by atoms with Gasteiger partial charge in [-0.2, -0.15) is 0 Å². The van der Waals surface area contributed by atoms with Gasteiger partial charge in [-0.05, 0) is 29.3 Å². The molecule has 0 atom stereocenters. The molecule has 4 rings (SSSR count). The number of carboxylic acids is 1. The van der Waals surface area contributed by atoms with Crippen LogP contribution in [0.2, 0.25) is 0 Å². The molecule has 0 spiro atoms. The highest BCUT2D eigenvalue weighted by atomic mass is 16.4. The van der Waals surface area contributed by atoms with Crippen LogP contribution in [0.5, 0.6) is 0 Å². The summed E-state index contributed by atoms with van der Waals surface area (Å²) in [5.41, 5.74) is 5.84. The number of nitrogens with zero attached hydrogens (tertiary/aromatic N) is 2. The highest BCUT2D eigenvalue weighted by Crippen LogP contribution is 2.33. The molecular formula is C22H19N3O2. The predicted molar refractivity (Wildman–Crippen MR) is 108 cm³/mol. The second-order valence-electron chi connectivity index (χ2n) is 6.62. The Kier molecular flexibility index (Phi) is 4.12. The van der Waals surface area contributed by atoms with Gasteiger partial charge in [-0.25, -0.2) is 9.78 Å². The Morgan fingerprint density at radius 1 is 1.00 bits per heavy atom. The highest BCUT2D eigenvalue weighted by Gasteiger charge is 2.15. The van der Waals surface area contributed by atoms with Crippen LogP contribution >= 0.6 is 0 Å². The molecule has 0 bridgehead atoms. The van der Waals surface area contributed by atoms with E-state index in [1.807, 2.05) is 61.7 Å². The number of hydrogen-bond acceptors (Lipinski definition) is 3. The number of aromatic carboxylic acids is 1. The number of fused-ring (bicyclic) bond motifs is 1. The van der Waals surface area contributed by atoms with Crippen LogP contribution in [0.4, 0.5) is 5.69 Å². The van der Waals surface area contributed by atoms with Crippen LogP contribution < -0.4 is 4.90 Å². The predicted octanol–water partition coefficient (Wildman–Crippen LogP) is 4.66. The van der Waals surface area contributed by atoms with Crippen molar-refractivity contribution in [3.8, 4) is 22.3 Å². The largest absolute Gasteiger partial charge is 0.478 e. The second-order valence-corrected chi connectivity index (χ2v) is 6.62. The number of rotatable bonds is 4. The first-order valence-corrected chi connectivity index (χ1v) is 8.62. The first-order valence-electron chi connectivity index (χ1n) is 8.62. The molecule has 4 aromatic rings. The molecule has 2 heterocycles. The molecule has 27 heavy (non-hydrogen) atoms. The normalized spacial score (nSPS) is 10.9. The molecule has 0 fully saturated rings. The van der Waals surface area contributed by atoms with E-state index in [4.69, 9.17) is 0 Å². The average Bonchev–Trinajstić information content (AvgIpc) is 3.11. The van der Waals surface area contributed by atoms with Gasteiger partial charge in [0.05, 0.1) is 11.3 Å². The van der Waals surface area contributed by atoms with E-state index in [1.165, 1.54) is 0 Å².